The van der Waals surface area contributed by atoms with E-state index in [2.05, 4.69) is 20.3 Å². The van der Waals surface area contributed by atoms with Crippen LogP contribution in [0.15, 0.2) is 22.7 Å². The lowest BCUT2D eigenvalue weighted by Crippen LogP contribution is -2.30. The number of aromatic nitrogens is 3. The van der Waals surface area contributed by atoms with Crippen LogP contribution in [0.3, 0.4) is 0 Å². The van der Waals surface area contributed by atoms with Gasteiger partial charge >= 0.3 is 0 Å². The van der Waals surface area contributed by atoms with Crippen LogP contribution in [0.2, 0.25) is 0 Å². The second-order valence-electron chi connectivity index (χ2n) is 3.89. The number of thiophene rings is 1. The molecule has 20 heavy (non-hydrogen) atoms. The Morgan fingerprint density at radius 2 is 2.10 bits per heavy atom. The minimum absolute atomic E-state index is 0.0474. The molecular formula is C11H14N6OS2. The van der Waals surface area contributed by atoms with Gasteiger partial charge in [-0.25, -0.2) is 0 Å². The van der Waals surface area contributed by atoms with Crippen LogP contribution in [0.4, 0.5) is 11.9 Å². The minimum Gasteiger partial charge on any atom is -0.368 e. The number of amides is 1. The van der Waals surface area contributed by atoms with Crippen molar-refractivity contribution >= 4 is 40.9 Å². The first-order valence-corrected chi connectivity index (χ1v) is 7.54. The van der Waals surface area contributed by atoms with E-state index in [9.17, 15) is 4.79 Å². The predicted octanol–water partition coefficient (Wildman–Crippen LogP) is 0.894. The number of carbonyl (C=O) groups excluding carboxylic acids is 1. The average molecular weight is 310 g/mol. The maximum atomic E-state index is 12.0. The number of nitrogen functional groups attached to an aromatic ring is 2. The molecule has 0 aromatic carbocycles. The van der Waals surface area contributed by atoms with Crippen LogP contribution in [-0.4, -0.2) is 26.1 Å². The number of nitrogens with one attached hydrogen (secondary N) is 1. The molecule has 1 unspecified atom stereocenters. The zero-order valence-corrected chi connectivity index (χ0v) is 12.4. The van der Waals surface area contributed by atoms with E-state index in [0.29, 0.717) is 11.7 Å². The highest BCUT2D eigenvalue weighted by atomic mass is 32.2. The van der Waals surface area contributed by atoms with E-state index in [1.807, 2.05) is 17.5 Å². The molecule has 0 bridgehead atoms. The van der Waals surface area contributed by atoms with Gasteiger partial charge in [-0.1, -0.05) is 17.8 Å². The highest BCUT2D eigenvalue weighted by Gasteiger charge is 2.16. The highest BCUT2D eigenvalue weighted by molar-refractivity contribution is 8.00. The molecule has 9 heteroatoms. The third-order valence-corrected chi connectivity index (χ3v) is 4.16. The van der Waals surface area contributed by atoms with Gasteiger partial charge in [-0.15, -0.1) is 11.3 Å². The van der Waals surface area contributed by atoms with Crippen molar-refractivity contribution in [2.24, 2.45) is 0 Å². The first-order valence-electron chi connectivity index (χ1n) is 5.78. The molecule has 0 aliphatic carbocycles. The zero-order valence-electron chi connectivity index (χ0n) is 10.7. The van der Waals surface area contributed by atoms with E-state index in [1.165, 1.54) is 11.8 Å². The molecule has 2 rings (SSSR count). The van der Waals surface area contributed by atoms with Crippen molar-refractivity contribution in [2.45, 2.75) is 23.9 Å². The van der Waals surface area contributed by atoms with Gasteiger partial charge in [0, 0.05) is 4.88 Å². The van der Waals surface area contributed by atoms with Crippen LogP contribution >= 0.6 is 23.1 Å². The van der Waals surface area contributed by atoms with Crippen molar-refractivity contribution in [3.05, 3.63) is 22.4 Å². The van der Waals surface area contributed by atoms with Gasteiger partial charge in [0.25, 0.3) is 0 Å². The number of thioether (sulfide) groups is 1. The van der Waals surface area contributed by atoms with Gasteiger partial charge < -0.3 is 16.8 Å². The summed E-state index contributed by atoms with van der Waals surface area (Å²) in [6, 6.07) is 3.91. The Hall–Kier alpha value is -1.87. The maximum absolute atomic E-state index is 12.0. The van der Waals surface area contributed by atoms with E-state index in [-0.39, 0.29) is 23.1 Å². The van der Waals surface area contributed by atoms with Crippen molar-refractivity contribution in [1.82, 2.24) is 20.3 Å². The monoisotopic (exact) mass is 310 g/mol. The summed E-state index contributed by atoms with van der Waals surface area (Å²) in [5.41, 5.74) is 11.0. The summed E-state index contributed by atoms with van der Waals surface area (Å²) in [6.07, 6.45) is 0. The van der Waals surface area contributed by atoms with Crippen LogP contribution < -0.4 is 16.8 Å². The van der Waals surface area contributed by atoms with Crippen LogP contribution in [-0.2, 0) is 11.3 Å². The molecule has 7 nitrogen and oxygen atoms in total. The summed E-state index contributed by atoms with van der Waals surface area (Å²) < 4.78 is 0. The van der Waals surface area contributed by atoms with Crippen LogP contribution in [0, 0.1) is 0 Å². The molecule has 1 atom stereocenters. The Bertz CT molecular complexity index is 568. The van der Waals surface area contributed by atoms with Gasteiger partial charge in [0.1, 0.15) is 0 Å². The first kappa shape index (κ1) is 14.5. The Morgan fingerprint density at radius 3 is 2.70 bits per heavy atom. The molecule has 0 aliphatic heterocycles. The molecule has 0 aliphatic rings. The van der Waals surface area contributed by atoms with Gasteiger partial charge in [-0.3, -0.25) is 4.79 Å². The third-order valence-electron chi connectivity index (χ3n) is 2.32. The average Bonchev–Trinajstić information content (AvgIpc) is 2.87. The molecule has 1 amide bonds. The van der Waals surface area contributed by atoms with Crippen molar-refractivity contribution in [2.75, 3.05) is 11.5 Å². The summed E-state index contributed by atoms with van der Waals surface area (Å²) in [6.45, 7) is 2.29. The molecular weight excluding hydrogens is 296 g/mol. The van der Waals surface area contributed by atoms with E-state index >= 15 is 0 Å². The number of anilines is 2. The lowest BCUT2D eigenvalue weighted by Gasteiger charge is -2.10. The highest BCUT2D eigenvalue weighted by Crippen LogP contribution is 2.20. The molecule has 0 saturated carbocycles. The van der Waals surface area contributed by atoms with Crippen LogP contribution in [0.25, 0.3) is 0 Å². The van der Waals surface area contributed by atoms with Crippen molar-refractivity contribution < 1.29 is 4.79 Å². The van der Waals surface area contributed by atoms with E-state index in [1.54, 1.807) is 18.3 Å². The van der Waals surface area contributed by atoms with Gasteiger partial charge in [0.2, 0.25) is 17.8 Å². The molecule has 106 valence electrons. The van der Waals surface area contributed by atoms with Crippen molar-refractivity contribution in [3.8, 4) is 0 Å². The smallest absolute Gasteiger partial charge is 0.233 e. The zero-order chi connectivity index (χ0) is 14.5. The van der Waals surface area contributed by atoms with E-state index in [0.717, 1.165) is 4.88 Å². The van der Waals surface area contributed by atoms with Gasteiger partial charge in [0.05, 0.1) is 11.8 Å². The number of nitrogens with two attached hydrogens (primary N) is 2. The second kappa shape index (κ2) is 6.53. The summed E-state index contributed by atoms with van der Waals surface area (Å²) in [5.74, 6) is -0.00153. The summed E-state index contributed by atoms with van der Waals surface area (Å²) >= 11 is 2.78. The number of hydrogen-bond acceptors (Lipinski definition) is 8. The number of hydrogen-bond donors (Lipinski definition) is 3. The Labute approximate surface area is 124 Å². The third kappa shape index (κ3) is 4.07. The molecule has 2 aromatic heterocycles. The predicted molar refractivity (Wildman–Crippen MR) is 80.1 cm³/mol. The SMILES string of the molecule is CC(Sc1nc(N)nc(N)n1)C(=O)NCc1cccs1. The number of nitrogens with zero attached hydrogens (tertiary/aromatic N) is 3. The number of carbonyl (C=O) groups is 1. The van der Waals surface area contributed by atoms with Crippen molar-refractivity contribution in [3.63, 3.8) is 0 Å². The molecule has 2 aromatic rings. The Kier molecular flexibility index (Phi) is 4.74. The summed E-state index contributed by atoms with van der Waals surface area (Å²) in [5, 5.41) is 4.81. The lowest BCUT2D eigenvalue weighted by atomic mass is 10.4. The largest absolute Gasteiger partial charge is 0.368 e. The van der Waals surface area contributed by atoms with Crippen LogP contribution in [0.1, 0.15) is 11.8 Å². The lowest BCUT2D eigenvalue weighted by molar-refractivity contribution is -0.120. The van der Waals surface area contributed by atoms with E-state index < -0.39 is 0 Å². The van der Waals surface area contributed by atoms with Gasteiger partial charge in [0.15, 0.2) is 5.16 Å². The van der Waals surface area contributed by atoms with E-state index in [4.69, 9.17) is 11.5 Å². The minimum atomic E-state index is -0.351. The molecule has 0 saturated heterocycles. The summed E-state index contributed by atoms with van der Waals surface area (Å²) in [4.78, 5) is 24.6. The quantitative estimate of drug-likeness (QED) is 0.701. The molecule has 2 heterocycles. The van der Waals surface area contributed by atoms with Gasteiger partial charge in [-0.2, -0.15) is 15.0 Å². The molecule has 0 spiro atoms. The summed E-state index contributed by atoms with van der Waals surface area (Å²) in [7, 11) is 0. The number of rotatable bonds is 5. The van der Waals surface area contributed by atoms with Crippen molar-refractivity contribution in [1.29, 1.82) is 0 Å². The normalized spacial score (nSPS) is 12.1. The van der Waals surface area contributed by atoms with Gasteiger partial charge in [-0.05, 0) is 18.4 Å². The molecule has 5 N–H and O–H groups in total. The fourth-order valence-electron chi connectivity index (χ4n) is 1.38. The molecule has 0 fully saturated rings. The Balaban J connectivity index is 1.90. The Morgan fingerprint density at radius 1 is 1.40 bits per heavy atom. The standard InChI is InChI=1S/C11H14N6OS2/c1-6(8(18)14-5-7-3-2-4-19-7)20-11-16-9(12)15-10(13)17-11/h2-4,6H,5H2,1H3,(H,14,18)(H4,12,13,15,16,17). The topological polar surface area (TPSA) is 120 Å². The first-order chi connectivity index (χ1) is 9.54. The maximum Gasteiger partial charge on any atom is 0.233 e. The fourth-order valence-corrected chi connectivity index (χ4v) is 2.83. The fraction of sp³-hybridized carbons (Fsp3) is 0.273. The second-order valence-corrected chi connectivity index (χ2v) is 6.23. The van der Waals surface area contributed by atoms with Crippen LogP contribution in [0.5, 0.6) is 0 Å². The molecule has 0 radical (unpaired) electrons.